The highest BCUT2D eigenvalue weighted by Gasteiger charge is 2.25. The lowest BCUT2D eigenvalue weighted by atomic mass is 10.1. The summed E-state index contributed by atoms with van der Waals surface area (Å²) >= 11 is 1.72. The molecular formula is C17H16N2OS. The maximum Gasteiger partial charge on any atom is 0.124 e. The van der Waals surface area contributed by atoms with Gasteiger partial charge < -0.3 is 10.1 Å². The van der Waals surface area contributed by atoms with Gasteiger partial charge in [0.25, 0.3) is 0 Å². The van der Waals surface area contributed by atoms with Crippen molar-refractivity contribution in [1.29, 1.82) is 0 Å². The van der Waals surface area contributed by atoms with Crippen LogP contribution in [0.5, 0.6) is 0 Å². The minimum atomic E-state index is 0.0577. The number of para-hydroxylation sites is 1. The van der Waals surface area contributed by atoms with Crippen LogP contribution in [0.15, 0.2) is 54.6 Å². The van der Waals surface area contributed by atoms with Gasteiger partial charge in [0, 0.05) is 6.54 Å². The van der Waals surface area contributed by atoms with E-state index in [0.717, 1.165) is 17.1 Å². The van der Waals surface area contributed by atoms with E-state index in [0.29, 0.717) is 6.61 Å². The number of fused-ring (bicyclic) bond motifs is 1. The fourth-order valence-electron chi connectivity index (χ4n) is 2.67. The molecular weight excluding hydrogens is 280 g/mol. The largest absolute Gasteiger partial charge is 0.368 e. The summed E-state index contributed by atoms with van der Waals surface area (Å²) in [4.78, 5) is 4.69. The Balaban J connectivity index is 1.50. The maximum absolute atomic E-state index is 6.05. The Morgan fingerprint density at radius 2 is 1.86 bits per heavy atom. The molecule has 21 heavy (non-hydrogen) atoms. The van der Waals surface area contributed by atoms with E-state index in [4.69, 9.17) is 4.74 Å². The molecule has 4 rings (SSSR count). The van der Waals surface area contributed by atoms with E-state index < -0.39 is 0 Å². The van der Waals surface area contributed by atoms with E-state index in [2.05, 4.69) is 52.8 Å². The highest BCUT2D eigenvalue weighted by atomic mass is 32.1. The third-order valence-electron chi connectivity index (χ3n) is 3.80. The number of nitrogens with one attached hydrogen (secondary N) is 1. The predicted molar refractivity (Wildman–Crippen MR) is 85.5 cm³/mol. The van der Waals surface area contributed by atoms with Gasteiger partial charge in [-0.05, 0) is 17.7 Å². The first-order chi connectivity index (χ1) is 10.4. The number of nitrogens with zero attached hydrogens (tertiary/aromatic N) is 1. The lowest BCUT2D eigenvalue weighted by molar-refractivity contribution is 0.00237. The van der Waals surface area contributed by atoms with Crippen molar-refractivity contribution in [3.05, 3.63) is 65.2 Å². The molecule has 0 bridgehead atoms. The number of hydrogen-bond acceptors (Lipinski definition) is 4. The molecule has 1 aliphatic rings. The first-order valence-corrected chi connectivity index (χ1v) is 7.97. The fourth-order valence-corrected chi connectivity index (χ4v) is 3.68. The van der Waals surface area contributed by atoms with Crippen LogP contribution in [0.2, 0.25) is 0 Å². The zero-order valence-corrected chi connectivity index (χ0v) is 12.3. The highest BCUT2D eigenvalue weighted by molar-refractivity contribution is 7.18. The molecule has 4 heteroatoms. The van der Waals surface area contributed by atoms with Gasteiger partial charge in [-0.3, -0.25) is 0 Å². The number of aromatic nitrogens is 1. The third kappa shape index (κ3) is 2.58. The van der Waals surface area contributed by atoms with Crippen LogP contribution in [0, 0.1) is 0 Å². The standard InChI is InChI=1S/C17H16N2OS/c1-2-6-12(7-3-1)14-11-20-15(10-18-14)17-19-13-8-4-5-9-16(13)21-17/h1-9,14-15,18H,10-11H2. The molecule has 1 aromatic heterocycles. The van der Waals surface area contributed by atoms with Crippen LogP contribution >= 0.6 is 11.3 Å². The molecule has 0 spiro atoms. The molecule has 3 nitrogen and oxygen atoms in total. The van der Waals surface area contributed by atoms with Gasteiger partial charge in [-0.25, -0.2) is 4.98 Å². The van der Waals surface area contributed by atoms with Crippen LogP contribution in [-0.2, 0) is 4.74 Å². The molecule has 1 fully saturated rings. The van der Waals surface area contributed by atoms with Gasteiger partial charge in [-0.2, -0.15) is 0 Å². The van der Waals surface area contributed by atoms with Crippen molar-refractivity contribution in [2.45, 2.75) is 12.1 Å². The van der Waals surface area contributed by atoms with Crippen molar-refractivity contribution in [1.82, 2.24) is 10.3 Å². The van der Waals surface area contributed by atoms with Crippen LogP contribution in [0.25, 0.3) is 10.2 Å². The summed E-state index contributed by atoms with van der Waals surface area (Å²) in [6, 6.07) is 19.0. The Morgan fingerprint density at radius 3 is 2.62 bits per heavy atom. The number of rotatable bonds is 2. The molecule has 0 radical (unpaired) electrons. The van der Waals surface area contributed by atoms with Crippen molar-refractivity contribution in [2.24, 2.45) is 0 Å². The number of benzene rings is 2. The van der Waals surface area contributed by atoms with Gasteiger partial charge >= 0.3 is 0 Å². The fraction of sp³-hybridized carbons (Fsp3) is 0.235. The monoisotopic (exact) mass is 296 g/mol. The Labute approximate surface area is 127 Å². The van der Waals surface area contributed by atoms with E-state index >= 15 is 0 Å². The average Bonchev–Trinajstić information content (AvgIpc) is 3.00. The normalized spacial score (nSPS) is 22.5. The highest BCUT2D eigenvalue weighted by Crippen LogP contribution is 2.31. The summed E-state index contributed by atoms with van der Waals surface area (Å²) in [5.41, 5.74) is 2.34. The quantitative estimate of drug-likeness (QED) is 0.783. The number of hydrogen-bond donors (Lipinski definition) is 1. The molecule has 2 heterocycles. The van der Waals surface area contributed by atoms with Crippen molar-refractivity contribution < 1.29 is 4.74 Å². The zero-order chi connectivity index (χ0) is 14.1. The zero-order valence-electron chi connectivity index (χ0n) is 11.5. The van der Waals surface area contributed by atoms with E-state index in [9.17, 15) is 0 Å². The van der Waals surface area contributed by atoms with E-state index in [1.165, 1.54) is 10.3 Å². The number of morpholine rings is 1. The summed E-state index contributed by atoms with van der Waals surface area (Å²) in [5, 5.41) is 4.63. The molecule has 3 aromatic rings. The summed E-state index contributed by atoms with van der Waals surface area (Å²) in [6.45, 7) is 1.49. The molecule has 106 valence electrons. The molecule has 0 amide bonds. The van der Waals surface area contributed by atoms with Crippen LogP contribution in [0.4, 0.5) is 0 Å². The van der Waals surface area contributed by atoms with Crippen molar-refractivity contribution in [3.8, 4) is 0 Å². The van der Waals surface area contributed by atoms with Crippen molar-refractivity contribution in [2.75, 3.05) is 13.2 Å². The lowest BCUT2D eigenvalue weighted by Gasteiger charge is -2.29. The van der Waals surface area contributed by atoms with Gasteiger partial charge in [0.15, 0.2) is 0 Å². The number of thiazole rings is 1. The summed E-state index contributed by atoms with van der Waals surface area (Å²) in [6.07, 6.45) is 0.0577. The average molecular weight is 296 g/mol. The van der Waals surface area contributed by atoms with Gasteiger partial charge in [-0.1, -0.05) is 42.5 Å². The van der Waals surface area contributed by atoms with Gasteiger partial charge in [0.1, 0.15) is 11.1 Å². The smallest absolute Gasteiger partial charge is 0.124 e. The van der Waals surface area contributed by atoms with Gasteiger partial charge in [-0.15, -0.1) is 11.3 Å². The molecule has 0 saturated carbocycles. The Kier molecular flexibility index (Phi) is 3.43. The second-order valence-corrected chi connectivity index (χ2v) is 6.28. The van der Waals surface area contributed by atoms with E-state index in [1.54, 1.807) is 11.3 Å². The third-order valence-corrected chi connectivity index (χ3v) is 4.93. The summed E-state index contributed by atoms with van der Waals surface area (Å²) in [5.74, 6) is 0. The molecule has 1 aliphatic heterocycles. The van der Waals surface area contributed by atoms with Crippen molar-refractivity contribution in [3.63, 3.8) is 0 Å². The first kappa shape index (κ1) is 13.0. The van der Waals surface area contributed by atoms with Crippen LogP contribution in [0.3, 0.4) is 0 Å². The van der Waals surface area contributed by atoms with E-state index in [-0.39, 0.29) is 12.1 Å². The lowest BCUT2D eigenvalue weighted by Crippen LogP contribution is -2.36. The SMILES string of the molecule is c1ccc(C2COC(c3nc4ccccc4s3)CN2)cc1. The van der Waals surface area contributed by atoms with Crippen molar-refractivity contribution >= 4 is 21.6 Å². The predicted octanol–water partition coefficient (Wildman–Crippen LogP) is 3.70. The minimum absolute atomic E-state index is 0.0577. The van der Waals surface area contributed by atoms with Crippen LogP contribution in [0.1, 0.15) is 22.7 Å². The molecule has 0 aliphatic carbocycles. The second-order valence-electron chi connectivity index (χ2n) is 5.21. The molecule has 1 N–H and O–H groups in total. The second kappa shape index (κ2) is 5.56. The van der Waals surface area contributed by atoms with Crippen LogP contribution in [-0.4, -0.2) is 18.1 Å². The van der Waals surface area contributed by atoms with Gasteiger partial charge in [0.05, 0.1) is 22.9 Å². The summed E-state index contributed by atoms with van der Waals surface area (Å²) < 4.78 is 7.27. The van der Waals surface area contributed by atoms with E-state index in [1.807, 2.05) is 12.1 Å². The Hall–Kier alpha value is -1.75. The van der Waals surface area contributed by atoms with Crippen LogP contribution < -0.4 is 5.32 Å². The Bertz CT molecular complexity index is 700. The molecule has 2 aromatic carbocycles. The topological polar surface area (TPSA) is 34.1 Å². The molecule has 1 saturated heterocycles. The maximum atomic E-state index is 6.05. The van der Waals surface area contributed by atoms with Gasteiger partial charge in [0.2, 0.25) is 0 Å². The Morgan fingerprint density at radius 1 is 1.05 bits per heavy atom. The molecule has 2 unspecified atom stereocenters. The summed E-state index contributed by atoms with van der Waals surface area (Å²) in [7, 11) is 0. The first-order valence-electron chi connectivity index (χ1n) is 7.15. The number of ether oxygens (including phenoxy) is 1. The minimum Gasteiger partial charge on any atom is -0.368 e. The molecule has 2 atom stereocenters.